The summed E-state index contributed by atoms with van der Waals surface area (Å²) in [5, 5.41) is 7.17. The highest BCUT2D eigenvalue weighted by molar-refractivity contribution is 7.92. The molecule has 2 N–H and O–H groups in total. The van der Waals surface area contributed by atoms with Crippen LogP contribution in [0.15, 0.2) is 66.0 Å². The Labute approximate surface area is 267 Å². The number of hydrogen-bond acceptors (Lipinski definition) is 11. The van der Waals surface area contributed by atoms with Gasteiger partial charge >= 0.3 is 0 Å². The molecule has 1 amide bonds. The van der Waals surface area contributed by atoms with E-state index in [-0.39, 0.29) is 17.1 Å². The number of ether oxygens (including phenoxy) is 3. The number of hydrogen-bond donors (Lipinski definition) is 2. The second kappa shape index (κ2) is 13.3. The molecular formula is C32H36N6O7S. The van der Waals surface area contributed by atoms with Crippen molar-refractivity contribution in [3.63, 3.8) is 0 Å². The Kier molecular flexibility index (Phi) is 9.39. The number of carbonyl (C=O) groups is 1. The topological polar surface area (TPSA) is 161 Å². The van der Waals surface area contributed by atoms with Gasteiger partial charge < -0.3 is 24.4 Å². The highest BCUT2D eigenvalue weighted by Crippen LogP contribution is 2.41. The molecule has 46 heavy (non-hydrogen) atoms. The molecule has 0 radical (unpaired) electrons. The molecule has 1 unspecified atom stereocenters. The summed E-state index contributed by atoms with van der Waals surface area (Å²) in [5.74, 6) is 0.693. The van der Waals surface area contributed by atoms with Crippen LogP contribution >= 0.6 is 0 Å². The van der Waals surface area contributed by atoms with Gasteiger partial charge in [0, 0.05) is 30.7 Å². The van der Waals surface area contributed by atoms with Crippen LogP contribution in [0.2, 0.25) is 0 Å². The molecule has 5 rings (SSSR count). The van der Waals surface area contributed by atoms with E-state index >= 15 is 0 Å². The first-order chi connectivity index (χ1) is 21.9. The molecule has 1 saturated heterocycles. The van der Waals surface area contributed by atoms with Gasteiger partial charge in [0.25, 0.3) is 5.91 Å². The lowest BCUT2D eigenvalue weighted by Gasteiger charge is -2.26. The van der Waals surface area contributed by atoms with Crippen molar-refractivity contribution in [1.29, 1.82) is 0 Å². The zero-order valence-electron chi connectivity index (χ0n) is 26.2. The predicted molar refractivity (Wildman–Crippen MR) is 176 cm³/mol. The van der Waals surface area contributed by atoms with Crippen molar-refractivity contribution in [2.45, 2.75) is 32.2 Å². The smallest absolute Gasteiger partial charge is 0.257 e. The van der Waals surface area contributed by atoms with Gasteiger partial charge in [-0.3, -0.25) is 9.52 Å². The standard InChI is InChI=1S/C32H36N6O7S/c1-32(2,3)20-18-24(29(43-4)25(19-20)37-46(5,41)42)34-30(39)28(36-40)23-10-11-26(22-9-7-6-8-21(22)23)45-27-12-13-33-31(35-27)38-14-16-44-17-15-38/h6-13,18-19,28,37H,14-17H2,1-5H3,(H,34,39). The molecule has 1 aliphatic rings. The van der Waals surface area contributed by atoms with Crippen LogP contribution in [0.1, 0.15) is 37.9 Å². The number of rotatable bonds is 10. The molecule has 242 valence electrons. The maximum atomic E-state index is 13.7. The minimum absolute atomic E-state index is 0.0892. The highest BCUT2D eigenvalue weighted by Gasteiger charge is 2.28. The van der Waals surface area contributed by atoms with E-state index in [1.807, 2.05) is 37.8 Å². The third kappa shape index (κ3) is 7.35. The van der Waals surface area contributed by atoms with E-state index in [0.29, 0.717) is 60.2 Å². The number of carbonyl (C=O) groups excluding carboxylic acids is 1. The zero-order chi connectivity index (χ0) is 33.1. The van der Waals surface area contributed by atoms with E-state index in [9.17, 15) is 18.1 Å². The van der Waals surface area contributed by atoms with Gasteiger partial charge in [0.05, 0.1) is 38.0 Å². The summed E-state index contributed by atoms with van der Waals surface area (Å²) >= 11 is 0. The number of sulfonamides is 1. The minimum atomic E-state index is -3.68. The second-order valence-electron chi connectivity index (χ2n) is 11.8. The van der Waals surface area contributed by atoms with Crippen LogP contribution < -0.4 is 24.4 Å². The average Bonchev–Trinajstić information content (AvgIpc) is 3.01. The van der Waals surface area contributed by atoms with Crippen molar-refractivity contribution in [3.8, 4) is 17.4 Å². The largest absolute Gasteiger partial charge is 0.492 e. The fraction of sp³-hybridized carbons (Fsp3) is 0.344. The molecule has 0 aliphatic carbocycles. The maximum absolute atomic E-state index is 13.7. The first-order valence-corrected chi connectivity index (χ1v) is 16.5. The number of nitrogens with zero attached hydrogens (tertiary/aromatic N) is 4. The molecule has 1 aliphatic heterocycles. The molecule has 0 spiro atoms. The van der Waals surface area contributed by atoms with Gasteiger partial charge in [-0.2, -0.15) is 4.98 Å². The van der Waals surface area contributed by atoms with Gasteiger partial charge in [-0.1, -0.05) is 56.3 Å². The number of nitroso groups, excluding NO2 is 1. The van der Waals surface area contributed by atoms with Gasteiger partial charge in [-0.05, 0) is 40.1 Å². The molecule has 3 aromatic carbocycles. The third-order valence-electron chi connectivity index (χ3n) is 7.40. The van der Waals surface area contributed by atoms with Gasteiger partial charge in [0.2, 0.25) is 21.9 Å². The quantitative estimate of drug-likeness (QED) is 0.214. The number of amides is 1. The van der Waals surface area contributed by atoms with Gasteiger partial charge in [-0.25, -0.2) is 13.4 Å². The van der Waals surface area contributed by atoms with Crippen LogP contribution in [0.5, 0.6) is 17.4 Å². The summed E-state index contributed by atoms with van der Waals surface area (Å²) in [5.41, 5.74) is 0.993. The number of anilines is 3. The third-order valence-corrected chi connectivity index (χ3v) is 7.99. The van der Waals surface area contributed by atoms with Crippen LogP contribution in [0.25, 0.3) is 10.8 Å². The van der Waals surface area contributed by atoms with Gasteiger partial charge in [0.1, 0.15) is 5.75 Å². The average molecular weight is 649 g/mol. The van der Waals surface area contributed by atoms with Gasteiger partial charge in [0.15, 0.2) is 11.8 Å². The fourth-order valence-electron chi connectivity index (χ4n) is 5.14. The van der Waals surface area contributed by atoms with Crippen LogP contribution in [0.3, 0.4) is 0 Å². The monoisotopic (exact) mass is 648 g/mol. The second-order valence-corrected chi connectivity index (χ2v) is 13.6. The Hall–Kier alpha value is -4.82. The van der Waals surface area contributed by atoms with Crippen LogP contribution in [-0.2, 0) is 25.0 Å². The van der Waals surface area contributed by atoms with E-state index in [1.165, 1.54) is 7.11 Å². The van der Waals surface area contributed by atoms with E-state index in [2.05, 4.69) is 25.2 Å². The van der Waals surface area contributed by atoms with E-state index in [4.69, 9.17) is 14.2 Å². The zero-order valence-corrected chi connectivity index (χ0v) is 27.1. The summed E-state index contributed by atoms with van der Waals surface area (Å²) in [6.45, 7) is 8.36. The lowest BCUT2D eigenvalue weighted by atomic mass is 9.86. The maximum Gasteiger partial charge on any atom is 0.257 e. The van der Waals surface area contributed by atoms with E-state index in [1.54, 1.807) is 48.7 Å². The Bertz CT molecular complexity index is 1870. The Morgan fingerprint density at radius 3 is 2.39 bits per heavy atom. The Balaban J connectivity index is 1.48. The summed E-state index contributed by atoms with van der Waals surface area (Å²) in [6, 6.07) is 14.0. The molecule has 13 nitrogen and oxygen atoms in total. The van der Waals surface area contributed by atoms with Gasteiger partial charge in [-0.15, -0.1) is 4.91 Å². The van der Waals surface area contributed by atoms with Crippen LogP contribution in [0, 0.1) is 4.91 Å². The van der Waals surface area contributed by atoms with Crippen molar-refractivity contribution in [2.24, 2.45) is 5.18 Å². The summed E-state index contributed by atoms with van der Waals surface area (Å²) in [4.78, 5) is 37.0. The molecule has 1 fully saturated rings. The minimum Gasteiger partial charge on any atom is -0.492 e. The summed E-state index contributed by atoms with van der Waals surface area (Å²) < 4.78 is 43.8. The number of methoxy groups -OCH3 is 1. The number of nitrogens with one attached hydrogen (secondary N) is 2. The number of aromatic nitrogens is 2. The van der Waals surface area contributed by atoms with Crippen molar-refractivity contribution in [2.75, 3.05) is 54.6 Å². The summed E-state index contributed by atoms with van der Waals surface area (Å²) in [6.07, 6.45) is 2.65. The molecule has 4 aromatic rings. The van der Waals surface area contributed by atoms with E-state index < -0.39 is 27.4 Å². The summed E-state index contributed by atoms with van der Waals surface area (Å²) in [7, 11) is -2.32. The van der Waals surface area contributed by atoms with Crippen molar-refractivity contribution in [3.05, 3.63) is 76.8 Å². The van der Waals surface area contributed by atoms with Crippen molar-refractivity contribution in [1.82, 2.24) is 9.97 Å². The molecule has 0 saturated carbocycles. The van der Waals surface area contributed by atoms with Crippen molar-refractivity contribution >= 4 is 44.0 Å². The molecule has 1 aromatic heterocycles. The SMILES string of the molecule is COc1c(NC(=O)C(N=O)c2ccc(Oc3ccnc(N4CCOCC4)n3)c3ccccc23)cc(C(C)(C)C)cc1NS(C)(=O)=O. The van der Waals surface area contributed by atoms with Crippen LogP contribution in [0.4, 0.5) is 17.3 Å². The normalized spacial score (nSPS) is 14.4. The molecular weight excluding hydrogens is 612 g/mol. The number of benzene rings is 3. The molecule has 1 atom stereocenters. The molecule has 2 heterocycles. The van der Waals surface area contributed by atoms with E-state index in [0.717, 1.165) is 11.8 Å². The lowest BCUT2D eigenvalue weighted by Crippen LogP contribution is -2.37. The first kappa shape index (κ1) is 32.6. The highest BCUT2D eigenvalue weighted by atomic mass is 32.2. The predicted octanol–water partition coefficient (Wildman–Crippen LogP) is 5.38. The fourth-order valence-corrected chi connectivity index (χ4v) is 5.69. The number of fused-ring (bicyclic) bond motifs is 1. The number of morpholine rings is 1. The lowest BCUT2D eigenvalue weighted by molar-refractivity contribution is -0.117. The van der Waals surface area contributed by atoms with Crippen molar-refractivity contribution < 1.29 is 27.4 Å². The Morgan fingerprint density at radius 1 is 1.04 bits per heavy atom. The van der Waals surface area contributed by atoms with Crippen LogP contribution in [-0.4, -0.2) is 64.0 Å². The molecule has 14 heteroatoms. The Morgan fingerprint density at radius 2 is 1.74 bits per heavy atom. The first-order valence-electron chi connectivity index (χ1n) is 14.6. The molecule has 0 bridgehead atoms.